The molecule has 0 saturated carbocycles. The summed E-state index contributed by atoms with van der Waals surface area (Å²) in [6.07, 6.45) is -4.92. The smallest absolute Gasteiger partial charge is 0.178 e. The molecular weight excluding hydrogens is 336 g/mol. The molecule has 6 heteroatoms. The van der Waals surface area contributed by atoms with E-state index in [1.807, 2.05) is 6.07 Å². The van der Waals surface area contributed by atoms with Crippen LogP contribution in [0.4, 0.5) is 0 Å². The molecule has 0 radical (unpaired) electrons. The largest absolute Gasteiger partial charge is 0.459 e. The fourth-order valence-corrected chi connectivity index (χ4v) is 2.80. The fourth-order valence-electron chi connectivity index (χ4n) is 2.80. The first-order valence-electron chi connectivity index (χ1n) is 8.15. The molecule has 2 aromatic rings. The van der Waals surface area contributed by atoms with Gasteiger partial charge in [0, 0.05) is 7.11 Å². The van der Waals surface area contributed by atoms with Gasteiger partial charge in [0.2, 0.25) is 0 Å². The molecule has 2 rings (SSSR count). The summed E-state index contributed by atoms with van der Waals surface area (Å²) >= 11 is 0. The standard InChI is InChI=1S/C20H24O6/c1-14(26-16-11-7-4-8-12-16)20(25-2,15-9-5-3-6-10-15)19(24)18(23)17(22)13-21/h3-12,17-19,21-24H,1,13H2,2H3. The lowest BCUT2D eigenvalue weighted by atomic mass is 9.82. The highest BCUT2D eigenvalue weighted by Crippen LogP contribution is 2.39. The fraction of sp³-hybridized carbons (Fsp3) is 0.300. The Morgan fingerprint density at radius 2 is 1.54 bits per heavy atom. The third-order valence-electron chi connectivity index (χ3n) is 4.24. The van der Waals surface area contributed by atoms with Crippen molar-refractivity contribution < 1.29 is 29.9 Å². The van der Waals surface area contributed by atoms with Crippen molar-refractivity contribution in [2.75, 3.05) is 13.7 Å². The van der Waals surface area contributed by atoms with Gasteiger partial charge in [-0.3, -0.25) is 0 Å². The van der Waals surface area contributed by atoms with Crippen LogP contribution in [-0.2, 0) is 10.3 Å². The molecule has 0 fully saturated rings. The van der Waals surface area contributed by atoms with E-state index in [9.17, 15) is 15.3 Å². The van der Waals surface area contributed by atoms with Gasteiger partial charge in [0.15, 0.2) is 5.60 Å². The molecule has 2 aromatic carbocycles. The summed E-state index contributed by atoms with van der Waals surface area (Å²) in [6, 6.07) is 17.4. The first-order valence-corrected chi connectivity index (χ1v) is 8.15. The molecule has 4 N–H and O–H groups in total. The minimum Gasteiger partial charge on any atom is -0.459 e. The van der Waals surface area contributed by atoms with Gasteiger partial charge < -0.3 is 29.9 Å². The zero-order valence-corrected chi connectivity index (χ0v) is 14.5. The SMILES string of the molecule is C=C(Oc1ccccc1)C(OC)(c1ccccc1)C(O)C(O)C(O)CO. The van der Waals surface area contributed by atoms with Gasteiger partial charge in [-0.1, -0.05) is 55.1 Å². The molecule has 0 amide bonds. The second-order valence-corrected chi connectivity index (χ2v) is 5.83. The molecule has 140 valence electrons. The maximum absolute atomic E-state index is 10.8. The van der Waals surface area contributed by atoms with E-state index in [1.165, 1.54) is 7.11 Å². The number of aliphatic hydroxyl groups is 4. The number of benzene rings is 2. The van der Waals surface area contributed by atoms with Gasteiger partial charge in [-0.25, -0.2) is 0 Å². The zero-order chi connectivity index (χ0) is 19.2. The van der Waals surface area contributed by atoms with E-state index in [0.717, 1.165) is 0 Å². The van der Waals surface area contributed by atoms with Crippen molar-refractivity contribution in [3.05, 3.63) is 78.6 Å². The Balaban J connectivity index is 2.48. The van der Waals surface area contributed by atoms with Crippen LogP contribution < -0.4 is 4.74 Å². The lowest BCUT2D eigenvalue weighted by Gasteiger charge is -2.40. The van der Waals surface area contributed by atoms with Crippen LogP contribution in [-0.4, -0.2) is 52.5 Å². The second kappa shape index (κ2) is 8.93. The molecule has 26 heavy (non-hydrogen) atoms. The number of ether oxygens (including phenoxy) is 2. The zero-order valence-electron chi connectivity index (χ0n) is 14.5. The summed E-state index contributed by atoms with van der Waals surface area (Å²) in [5.41, 5.74) is -1.20. The van der Waals surface area contributed by atoms with E-state index in [-0.39, 0.29) is 5.76 Å². The predicted molar refractivity (Wildman–Crippen MR) is 96.4 cm³/mol. The van der Waals surface area contributed by atoms with E-state index in [4.69, 9.17) is 14.6 Å². The van der Waals surface area contributed by atoms with Crippen LogP contribution in [0.2, 0.25) is 0 Å². The Kier molecular flexibility index (Phi) is 6.90. The van der Waals surface area contributed by atoms with Crippen LogP contribution >= 0.6 is 0 Å². The number of hydrogen-bond donors (Lipinski definition) is 4. The van der Waals surface area contributed by atoms with Crippen molar-refractivity contribution in [1.29, 1.82) is 0 Å². The normalized spacial score (nSPS) is 17.0. The highest BCUT2D eigenvalue weighted by molar-refractivity contribution is 5.35. The van der Waals surface area contributed by atoms with Crippen molar-refractivity contribution in [2.45, 2.75) is 23.9 Å². The molecule has 0 saturated heterocycles. The molecule has 4 atom stereocenters. The van der Waals surface area contributed by atoms with Gasteiger partial charge in [0.05, 0.1) is 6.61 Å². The molecule has 0 bridgehead atoms. The van der Waals surface area contributed by atoms with Crippen molar-refractivity contribution in [2.24, 2.45) is 0 Å². The van der Waals surface area contributed by atoms with Crippen molar-refractivity contribution in [3.8, 4) is 5.75 Å². The highest BCUT2D eigenvalue weighted by Gasteiger charge is 2.49. The van der Waals surface area contributed by atoms with Crippen molar-refractivity contribution in [1.82, 2.24) is 0 Å². The first-order chi connectivity index (χ1) is 12.5. The van der Waals surface area contributed by atoms with Gasteiger partial charge >= 0.3 is 0 Å². The first kappa shape index (κ1) is 20.1. The Bertz CT molecular complexity index is 690. The molecule has 0 heterocycles. The molecule has 0 aromatic heterocycles. The maximum Gasteiger partial charge on any atom is 0.178 e. The van der Waals surface area contributed by atoms with Gasteiger partial charge in [-0.15, -0.1) is 0 Å². The summed E-state index contributed by atoms with van der Waals surface area (Å²) < 4.78 is 11.4. The number of hydrogen-bond acceptors (Lipinski definition) is 6. The van der Waals surface area contributed by atoms with Crippen LogP contribution in [0.1, 0.15) is 5.56 Å². The van der Waals surface area contributed by atoms with Crippen molar-refractivity contribution in [3.63, 3.8) is 0 Å². The van der Waals surface area contributed by atoms with Gasteiger partial charge in [-0.05, 0) is 17.7 Å². The van der Waals surface area contributed by atoms with Crippen molar-refractivity contribution >= 4 is 0 Å². The summed E-state index contributed by atoms with van der Waals surface area (Å²) in [5.74, 6) is 0.494. The van der Waals surface area contributed by atoms with E-state index in [0.29, 0.717) is 11.3 Å². The summed E-state index contributed by atoms with van der Waals surface area (Å²) in [4.78, 5) is 0. The Hall–Kier alpha value is -2.22. The van der Waals surface area contributed by atoms with Crippen LogP contribution in [0.25, 0.3) is 0 Å². The molecule has 6 nitrogen and oxygen atoms in total. The number of rotatable bonds is 9. The van der Waals surface area contributed by atoms with E-state index in [2.05, 4.69) is 6.58 Å². The highest BCUT2D eigenvalue weighted by atomic mass is 16.6. The third kappa shape index (κ3) is 3.95. The monoisotopic (exact) mass is 360 g/mol. The van der Waals surface area contributed by atoms with Crippen LogP contribution in [0.5, 0.6) is 5.75 Å². The predicted octanol–water partition coefficient (Wildman–Crippen LogP) is 1.20. The number of methoxy groups -OCH3 is 1. The third-order valence-corrected chi connectivity index (χ3v) is 4.24. The van der Waals surface area contributed by atoms with Gasteiger partial charge in [-0.2, -0.15) is 0 Å². The molecule has 0 aliphatic carbocycles. The van der Waals surface area contributed by atoms with Gasteiger partial charge in [0.25, 0.3) is 0 Å². The second-order valence-electron chi connectivity index (χ2n) is 5.83. The maximum atomic E-state index is 10.8. The average Bonchev–Trinajstić information content (AvgIpc) is 2.69. The van der Waals surface area contributed by atoms with Crippen LogP contribution in [0, 0.1) is 0 Å². The van der Waals surface area contributed by atoms with Crippen LogP contribution in [0.3, 0.4) is 0 Å². The quantitative estimate of drug-likeness (QED) is 0.502. The minimum absolute atomic E-state index is 0.0223. The number of para-hydroxylation sites is 1. The van der Waals surface area contributed by atoms with E-state index < -0.39 is 30.5 Å². The van der Waals surface area contributed by atoms with Crippen LogP contribution in [0.15, 0.2) is 73.0 Å². The lowest BCUT2D eigenvalue weighted by Crippen LogP contribution is -2.54. The Labute approximate surface area is 152 Å². The van der Waals surface area contributed by atoms with E-state index in [1.54, 1.807) is 54.6 Å². The van der Waals surface area contributed by atoms with E-state index >= 15 is 0 Å². The topological polar surface area (TPSA) is 99.4 Å². The Morgan fingerprint density at radius 1 is 1.00 bits per heavy atom. The summed E-state index contributed by atoms with van der Waals surface area (Å²) in [6.45, 7) is 3.17. The molecule has 0 spiro atoms. The molecule has 0 aliphatic rings. The summed E-state index contributed by atoms with van der Waals surface area (Å²) in [7, 11) is 1.34. The average molecular weight is 360 g/mol. The minimum atomic E-state index is -1.70. The molecule has 0 aliphatic heterocycles. The molecular formula is C20H24O6. The summed E-state index contributed by atoms with van der Waals surface area (Å²) in [5, 5.41) is 40.0. The van der Waals surface area contributed by atoms with Gasteiger partial charge in [0.1, 0.15) is 29.8 Å². The number of aliphatic hydroxyl groups excluding tert-OH is 4. The lowest BCUT2D eigenvalue weighted by molar-refractivity contribution is -0.169. The Morgan fingerprint density at radius 3 is 2.04 bits per heavy atom. The molecule has 4 unspecified atom stereocenters.